The molecular formula is C31H40ClN3O6. The molecule has 0 bridgehead atoms. The van der Waals surface area contributed by atoms with E-state index in [-0.39, 0.29) is 42.2 Å². The van der Waals surface area contributed by atoms with E-state index in [0.717, 1.165) is 29.5 Å². The van der Waals surface area contributed by atoms with E-state index in [1.54, 1.807) is 32.0 Å². The third-order valence-electron chi connectivity index (χ3n) is 7.07. The van der Waals surface area contributed by atoms with E-state index in [0.29, 0.717) is 30.0 Å². The molecule has 0 aromatic heterocycles. The van der Waals surface area contributed by atoms with Gasteiger partial charge >= 0.3 is 12.1 Å². The Kier molecular flexibility index (Phi) is 11.6. The van der Waals surface area contributed by atoms with Gasteiger partial charge in [-0.3, -0.25) is 9.59 Å². The third-order valence-corrected chi connectivity index (χ3v) is 7.38. The molecule has 1 aliphatic rings. The van der Waals surface area contributed by atoms with Crippen molar-refractivity contribution in [1.82, 2.24) is 16.0 Å². The standard InChI is InChI=1S/C31H40ClN3O6/c1-18(2)34-29(37)24-13-14-25(26(32)16-24)22-9-5-20(6-10-22)15-27(30(38)39)35-28(36)23-11-7-21(8-12-23)17-33-31(40)41-19(3)4/h5-6,9-10,13-14,16,18-19,21,23,27H,7-8,11-12,15,17H2,1-4H3,(H,33,40)(H,34,37)(H,35,36)(H,38,39)/t21?,23?,27-/m0/s1. The van der Waals surface area contributed by atoms with Crippen LogP contribution in [0.5, 0.6) is 0 Å². The number of ether oxygens (including phenoxy) is 1. The molecule has 1 saturated carbocycles. The first-order chi connectivity index (χ1) is 19.4. The van der Waals surface area contributed by atoms with Crippen LogP contribution in [-0.4, -0.2) is 53.7 Å². The Morgan fingerprint density at radius 1 is 0.951 bits per heavy atom. The molecule has 3 amide bonds. The van der Waals surface area contributed by atoms with Crippen molar-refractivity contribution in [2.24, 2.45) is 11.8 Å². The van der Waals surface area contributed by atoms with Gasteiger partial charge in [0.15, 0.2) is 0 Å². The predicted octanol–water partition coefficient (Wildman–Crippen LogP) is 5.20. The van der Waals surface area contributed by atoms with Gasteiger partial charge in [-0.1, -0.05) is 41.9 Å². The SMILES string of the molecule is CC(C)NC(=O)c1ccc(-c2ccc(C[C@H](NC(=O)C3CCC(CNC(=O)OC(C)C)CC3)C(=O)O)cc2)c(Cl)c1. The normalized spacial score (nSPS) is 17.5. The number of alkyl carbamates (subject to hydrolysis) is 1. The molecule has 0 spiro atoms. The van der Waals surface area contributed by atoms with Crippen molar-refractivity contribution < 1.29 is 29.0 Å². The first-order valence-corrected chi connectivity index (χ1v) is 14.5. The lowest BCUT2D eigenvalue weighted by atomic mass is 9.81. The van der Waals surface area contributed by atoms with Crippen molar-refractivity contribution >= 4 is 35.5 Å². The van der Waals surface area contributed by atoms with Gasteiger partial charge in [0.1, 0.15) is 6.04 Å². The number of carbonyl (C=O) groups excluding carboxylic acids is 3. The summed E-state index contributed by atoms with van der Waals surface area (Å²) in [6.07, 6.45) is 2.32. The van der Waals surface area contributed by atoms with Crippen LogP contribution in [0.2, 0.25) is 5.02 Å². The maximum absolute atomic E-state index is 12.9. The zero-order valence-electron chi connectivity index (χ0n) is 24.0. The summed E-state index contributed by atoms with van der Waals surface area (Å²) in [6.45, 7) is 7.84. The van der Waals surface area contributed by atoms with Crippen LogP contribution in [0.25, 0.3) is 11.1 Å². The maximum Gasteiger partial charge on any atom is 0.407 e. The highest BCUT2D eigenvalue weighted by Gasteiger charge is 2.30. The summed E-state index contributed by atoms with van der Waals surface area (Å²) in [7, 11) is 0. The number of carbonyl (C=O) groups is 4. The van der Waals surface area contributed by atoms with Crippen molar-refractivity contribution in [1.29, 1.82) is 0 Å². The van der Waals surface area contributed by atoms with Crippen molar-refractivity contribution in [2.45, 2.75) is 78.0 Å². The topological polar surface area (TPSA) is 134 Å². The molecule has 0 heterocycles. The predicted molar refractivity (Wildman–Crippen MR) is 158 cm³/mol. The van der Waals surface area contributed by atoms with E-state index < -0.39 is 18.1 Å². The average molecular weight is 586 g/mol. The molecule has 0 aliphatic heterocycles. The smallest absolute Gasteiger partial charge is 0.407 e. The summed E-state index contributed by atoms with van der Waals surface area (Å²) in [4.78, 5) is 48.8. The summed E-state index contributed by atoms with van der Waals surface area (Å²) in [5, 5.41) is 18.5. The second kappa shape index (κ2) is 14.9. The van der Waals surface area contributed by atoms with E-state index in [9.17, 15) is 24.3 Å². The summed E-state index contributed by atoms with van der Waals surface area (Å²) in [6, 6.07) is 11.4. The summed E-state index contributed by atoms with van der Waals surface area (Å²) < 4.78 is 5.08. The molecule has 1 atom stereocenters. The Morgan fingerprint density at radius 3 is 2.17 bits per heavy atom. The van der Waals surface area contributed by atoms with Crippen LogP contribution in [0.1, 0.15) is 69.3 Å². The second-order valence-corrected chi connectivity index (χ2v) is 11.6. The summed E-state index contributed by atoms with van der Waals surface area (Å²) in [5.41, 5.74) is 2.81. The number of nitrogens with one attached hydrogen (secondary N) is 3. The molecule has 10 heteroatoms. The number of rotatable bonds is 11. The highest BCUT2D eigenvalue weighted by Crippen LogP contribution is 2.30. The largest absolute Gasteiger partial charge is 0.480 e. The zero-order chi connectivity index (χ0) is 30.1. The lowest BCUT2D eigenvalue weighted by Gasteiger charge is -2.28. The highest BCUT2D eigenvalue weighted by atomic mass is 35.5. The monoisotopic (exact) mass is 585 g/mol. The number of amides is 3. The lowest BCUT2D eigenvalue weighted by molar-refractivity contribution is -0.142. The first kappa shape index (κ1) is 31.9. The molecule has 41 heavy (non-hydrogen) atoms. The molecule has 0 saturated heterocycles. The minimum Gasteiger partial charge on any atom is -0.480 e. The number of hydrogen-bond acceptors (Lipinski definition) is 5. The molecule has 2 aromatic rings. The van der Waals surface area contributed by atoms with Gasteiger partial charge in [-0.05, 0) is 82.6 Å². The summed E-state index contributed by atoms with van der Waals surface area (Å²) >= 11 is 6.47. The number of benzene rings is 2. The molecule has 0 unspecified atom stereocenters. The Hall–Kier alpha value is -3.59. The van der Waals surface area contributed by atoms with Crippen LogP contribution in [0.3, 0.4) is 0 Å². The average Bonchev–Trinajstić information content (AvgIpc) is 2.91. The highest BCUT2D eigenvalue weighted by molar-refractivity contribution is 6.33. The van der Waals surface area contributed by atoms with Crippen LogP contribution in [0.15, 0.2) is 42.5 Å². The minimum atomic E-state index is -1.10. The number of aliphatic carboxylic acids is 1. The van der Waals surface area contributed by atoms with Crippen LogP contribution in [0.4, 0.5) is 4.79 Å². The van der Waals surface area contributed by atoms with Crippen LogP contribution in [0, 0.1) is 11.8 Å². The van der Waals surface area contributed by atoms with Crippen LogP contribution < -0.4 is 16.0 Å². The van der Waals surface area contributed by atoms with E-state index in [2.05, 4.69) is 16.0 Å². The van der Waals surface area contributed by atoms with Gasteiger partial charge < -0.3 is 25.8 Å². The van der Waals surface area contributed by atoms with Crippen LogP contribution >= 0.6 is 11.6 Å². The maximum atomic E-state index is 12.9. The Balaban J connectivity index is 1.54. The van der Waals surface area contributed by atoms with Gasteiger partial charge in [0.25, 0.3) is 5.91 Å². The number of hydrogen-bond donors (Lipinski definition) is 4. The second-order valence-electron chi connectivity index (χ2n) is 11.2. The quantitative estimate of drug-likeness (QED) is 0.286. The van der Waals surface area contributed by atoms with Gasteiger partial charge in [-0.2, -0.15) is 0 Å². The fourth-order valence-electron chi connectivity index (χ4n) is 4.89. The fourth-order valence-corrected chi connectivity index (χ4v) is 5.18. The first-order valence-electron chi connectivity index (χ1n) is 14.1. The number of carboxylic acid groups (broad SMARTS) is 1. The molecule has 3 rings (SSSR count). The molecule has 1 aliphatic carbocycles. The van der Waals surface area contributed by atoms with E-state index in [4.69, 9.17) is 16.3 Å². The van der Waals surface area contributed by atoms with Gasteiger partial charge in [-0.25, -0.2) is 9.59 Å². The lowest BCUT2D eigenvalue weighted by Crippen LogP contribution is -2.45. The van der Waals surface area contributed by atoms with Crippen molar-refractivity contribution in [2.75, 3.05) is 6.54 Å². The van der Waals surface area contributed by atoms with Gasteiger partial charge in [0, 0.05) is 41.1 Å². The van der Waals surface area contributed by atoms with E-state index in [1.807, 2.05) is 38.1 Å². The number of halogens is 1. The molecule has 1 fully saturated rings. The number of carboxylic acids is 1. The molecule has 9 nitrogen and oxygen atoms in total. The van der Waals surface area contributed by atoms with Crippen molar-refractivity contribution in [3.8, 4) is 11.1 Å². The zero-order valence-corrected chi connectivity index (χ0v) is 24.8. The molecule has 2 aromatic carbocycles. The molecule has 0 radical (unpaired) electrons. The van der Waals surface area contributed by atoms with Gasteiger partial charge in [0.05, 0.1) is 6.10 Å². The minimum absolute atomic E-state index is 0.0127. The molecule has 222 valence electrons. The van der Waals surface area contributed by atoms with Crippen LogP contribution in [-0.2, 0) is 20.7 Å². The van der Waals surface area contributed by atoms with Gasteiger partial charge in [0.2, 0.25) is 5.91 Å². The van der Waals surface area contributed by atoms with Crippen molar-refractivity contribution in [3.63, 3.8) is 0 Å². The van der Waals surface area contributed by atoms with Crippen molar-refractivity contribution in [3.05, 3.63) is 58.6 Å². The summed E-state index contributed by atoms with van der Waals surface area (Å²) in [5.74, 6) is -1.55. The molecule has 4 N–H and O–H groups in total. The molecular weight excluding hydrogens is 546 g/mol. The Morgan fingerprint density at radius 2 is 1.61 bits per heavy atom. The Labute approximate surface area is 246 Å². The van der Waals surface area contributed by atoms with E-state index >= 15 is 0 Å². The Bertz CT molecular complexity index is 1220. The van der Waals surface area contributed by atoms with Gasteiger partial charge in [-0.15, -0.1) is 0 Å². The van der Waals surface area contributed by atoms with E-state index in [1.165, 1.54) is 0 Å². The fraction of sp³-hybridized carbons (Fsp3) is 0.484. The third kappa shape index (κ3) is 9.78.